The Morgan fingerprint density at radius 3 is 2.50 bits per heavy atom. The van der Waals surface area contributed by atoms with Crippen LogP contribution in [-0.2, 0) is 18.0 Å². The number of hydrogen-bond acceptors (Lipinski definition) is 5. The van der Waals surface area contributed by atoms with Crippen LogP contribution in [0.5, 0.6) is 17.2 Å². The van der Waals surface area contributed by atoms with Crippen molar-refractivity contribution < 1.29 is 28.5 Å². The van der Waals surface area contributed by atoms with Gasteiger partial charge in [-0.05, 0) is 61.0 Å². The number of carboxylic acids is 1. The van der Waals surface area contributed by atoms with Gasteiger partial charge in [-0.1, -0.05) is 23.7 Å². The van der Waals surface area contributed by atoms with Gasteiger partial charge in [0.25, 0.3) is 0 Å². The number of carbonyl (C=O) groups is 1. The van der Waals surface area contributed by atoms with Crippen LogP contribution in [0.1, 0.15) is 16.8 Å². The van der Waals surface area contributed by atoms with E-state index in [1.807, 2.05) is 0 Å². The normalized spacial score (nSPS) is 10.8. The first-order valence-electron chi connectivity index (χ1n) is 10.4. The zero-order valence-corrected chi connectivity index (χ0v) is 19.0. The summed E-state index contributed by atoms with van der Waals surface area (Å²) in [4.78, 5) is 15.4. The molecule has 0 radical (unpaired) electrons. The molecular weight excluding hydrogens is 461 g/mol. The Kier molecular flexibility index (Phi) is 7.13. The van der Waals surface area contributed by atoms with E-state index < -0.39 is 12.6 Å². The minimum atomic E-state index is -1.07. The second-order valence-electron chi connectivity index (χ2n) is 7.59. The third-order valence-corrected chi connectivity index (χ3v) is 5.17. The van der Waals surface area contributed by atoms with Crippen LogP contribution in [0.25, 0.3) is 10.9 Å². The number of fused-ring (bicyclic) bond motifs is 1. The van der Waals surface area contributed by atoms with Crippen LogP contribution in [0.3, 0.4) is 0 Å². The Morgan fingerprint density at radius 2 is 1.74 bits per heavy atom. The summed E-state index contributed by atoms with van der Waals surface area (Å²) in [6.45, 7) is 1.69. The Morgan fingerprint density at radius 1 is 0.971 bits per heavy atom. The molecule has 3 aromatic carbocycles. The van der Waals surface area contributed by atoms with Gasteiger partial charge >= 0.3 is 5.97 Å². The molecule has 0 saturated heterocycles. The molecule has 0 saturated carbocycles. The number of aromatic nitrogens is 1. The fourth-order valence-corrected chi connectivity index (χ4v) is 3.73. The number of benzene rings is 3. The van der Waals surface area contributed by atoms with Gasteiger partial charge < -0.3 is 19.3 Å². The maximum absolute atomic E-state index is 13.3. The number of pyridine rings is 1. The van der Waals surface area contributed by atoms with Crippen molar-refractivity contribution in [3.63, 3.8) is 0 Å². The van der Waals surface area contributed by atoms with Crippen molar-refractivity contribution in [3.05, 3.63) is 94.4 Å². The first kappa shape index (κ1) is 23.3. The van der Waals surface area contributed by atoms with Gasteiger partial charge in [-0.3, -0.25) is 0 Å². The van der Waals surface area contributed by atoms with Crippen LogP contribution in [0.15, 0.2) is 66.7 Å². The van der Waals surface area contributed by atoms with E-state index >= 15 is 0 Å². The smallest absolute Gasteiger partial charge is 0.341 e. The Labute approximate surface area is 200 Å². The number of nitrogens with zero attached hydrogens (tertiary/aromatic N) is 1. The van der Waals surface area contributed by atoms with Gasteiger partial charge in [0, 0.05) is 22.0 Å². The van der Waals surface area contributed by atoms with Crippen LogP contribution in [0.2, 0.25) is 5.02 Å². The summed E-state index contributed by atoms with van der Waals surface area (Å²) in [6, 6.07) is 18.6. The molecule has 0 aliphatic carbocycles. The largest absolute Gasteiger partial charge is 0.489 e. The number of halogens is 2. The van der Waals surface area contributed by atoms with Gasteiger partial charge in [-0.15, -0.1) is 0 Å². The first-order valence-corrected chi connectivity index (χ1v) is 10.8. The average molecular weight is 482 g/mol. The highest BCUT2D eigenvalue weighted by molar-refractivity contribution is 6.30. The van der Waals surface area contributed by atoms with Crippen LogP contribution in [0, 0.1) is 12.7 Å². The van der Waals surface area contributed by atoms with E-state index in [1.54, 1.807) is 61.5 Å². The lowest BCUT2D eigenvalue weighted by Gasteiger charge is -2.15. The van der Waals surface area contributed by atoms with Gasteiger partial charge in [0.2, 0.25) is 0 Å². The lowest BCUT2D eigenvalue weighted by molar-refractivity contribution is -0.139. The molecule has 1 N–H and O–H groups in total. The maximum atomic E-state index is 13.3. The minimum absolute atomic E-state index is 0.128. The third kappa shape index (κ3) is 5.94. The van der Waals surface area contributed by atoms with Crippen LogP contribution < -0.4 is 14.2 Å². The lowest BCUT2D eigenvalue weighted by atomic mass is 10.1. The molecule has 34 heavy (non-hydrogen) atoms. The van der Waals surface area contributed by atoms with Crippen LogP contribution in [0.4, 0.5) is 4.39 Å². The molecule has 6 nitrogen and oxygen atoms in total. The Balaban J connectivity index is 1.42. The second kappa shape index (κ2) is 10.4. The number of ether oxygens (including phenoxy) is 3. The van der Waals surface area contributed by atoms with E-state index in [1.165, 1.54) is 12.1 Å². The molecule has 0 unspecified atom stereocenters. The minimum Gasteiger partial charge on any atom is -0.489 e. The van der Waals surface area contributed by atoms with Gasteiger partial charge in [0.15, 0.2) is 6.61 Å². The number of aryl methyl sites for hydroxylation is 1. The molecule has 0 amide bonds. The predicted octanol–water partition coefficient (Wildman–Crippen LogP) is 5.96. The monoisotopic (exact) mass is 481 g/mol. The maximum Gasteiger partial charge on any atom is 0.341 e. The van der Waals surface area contributed by atoms with Crippen molar-refractivity contribution in [1.29, 1.82) is 0 Å². The molecule has 0 aliphatic rings. The van der Waals surface area contributed by atoms with Gasteiger partial charge in [0.05, 0.1) is 11.2 Å². The summed E-state index contributed by atoms with van der Waals surface area (Å²) < 4.78 is 30.5. The van der Waals surface area contributed by atoms with Crippen molar-refractivity contribution >= 4 is 28.5 Å². The SMILES string of the molecule is Cc1cc(Cl)cc(COc2cccc(OCc3ccc4cc(F)ccc4n3)c2)c1OCC(=O)O. The van der Waals surface area contributed by atoms with Gasteiger partial charge in [0.1, 0.15) is 36.3 Å². The summed E-state index contributed by atoms with van der Waals surface area (Å²) in [5.74, 6) is 0.202. The molecule has 174 valence electrons. The van der Waals surface area contributed by atoms with Gasteiger partial charge in [-0.2, -0.15) is 0 Å². The van der Waals surface area contributed by atoms with Crippen LogP contribution in [-0.4, -0.2) is 22.7 Å². The molecule has 1 aromatic heterocycles. The molecular formula is C26H21ClFNO5. The van der Waals surface area contributed by atoms with Crippen molar-refractivity contribution in [2.45, 2.75) is 20.1 Å². The molecule has 0 fully saturated rings. The highest BCUT2D eigenvalue weighted by Crippen LogP contribution is 2.30. The Hall–Kier alpha value is -3.84. The Bertz CT molecular complexity index is 1340. The van der Waals surface area contributed by atoms with Crippen molar-refractivity contribution in [3.8, 4) is 17.2 Å². The van der Waals surface area contributed by atoms with Crippen molar-refractivity contribution in [2.24, 2.45) is 0 Å². The summed E-state index contributed by atoms with van der Waals surface area (Å²) in [7, 11) is 0. The zero-order chi connectivity index (χ0) is 24.1. The second-order valence-corrected chi connectivity index (χ2v) is 8.02. The molecule has 8 heteroatoms. The number of hydrogen-bond donors (Lipinski definition) is 1. The third-order valence-electron chi connectivity index (χ3n) is 4.95. The summed E-state index contributed by atoms with van der Waals surface area (Å²) in [6.07, 6.45) is 0. The molecule has 4 rings (SSSR count). The summed E-state index contributed by atoms with van der Waals surface area (Å²) in [5, 5.41) is 10.2. The number of aliphatic carboxylic acids is 1. The molecule has 4 aromatic rings. The van der Waals surface area contributed by atoms with E-state index in [0.717, 1.165) is 10.9 Å². The fraction of sp³-hybridized carbons (Fsp3) is 0.154. The predicted molar refractivity (Wildman–Crippen MR) is 126 cm³/mol. The van der Waals surface area contributed by atoms with Gasteiger partial charge in [-0.25, -0.2) is 14.2 Å². The highest BCUT2D eigenvalue weighted by atomic mass is 35.5. The topological polar surface area (TPSA) is 77.9 Å². The van der Waals surface area contributed by atoms with E-state index in [0.29, 0.717) is 39.0 Å². The van der Waals surface area contributed by atoms with Crippen LogP contribution >= 0.6 is 11.6 Å². The molecule has 0 aliphatic heterocycles. The molecule has 1 heterocycles. The van der Waals surface area contributed by atoms with Crippen molar-refractivity contribution in [2.75, 3.05) is 6.61 Å². The summed E-state index contributed by atoms with van der Waals surface area (Å²) >= 11 is 6.16. The summed E-state index contributed by atoms with van der Waals surface area (Å²) in [5.41, 5.74) is 2.75. The van der Waals surface area contributed by atoms with Crippen molar-refractivity contribution in [1.82, 2.24) is 4.98 Å². The first-order chi connectivity index (χ1) is 16.4. The average Bonchev–Trinajstić information content (AvgIpc) is 2.80. The van der Waals surface area contributed by atoms with E-state index in [-0.39, 0.29) is 19.0 Å². The number of rotatable bonds is 9. The van der Waals surface area contributed by atoms with E-state index in [9.17, 15) is 9.18 Å². The van der Waals surface area contributed by atoms with E-state index in [4.69, 9.17) is 30.9 Å². The zero-order valence-electron chi connectivity index (χ0n) is 18.3. The molecule has 0 bridgehead atoms. The highest BCUT2D eigenvalue weighted by Gasteiger charge is 2.12. The van der Waals surface area contributed by atoms with E-state index in [2.05, 4.69) is 4.98 Å². The fourth-order valence-electron chi connectivity index (χ4n) is 3.44. The molecule has 0 atom stereocenters. The molecule has 0 spiro atoms. The standard InChI is InChI=1S/C26H21ClFNO5/c1-16-9-19(27)10-18(26(16)34-15-25(30)31)13-32-22-3-2-4-23(12-22)33-14-21-7-5-17-11-20(28)6-8-24(17)29-21/h2-12H,13-15H2,1H3,(H,30,31). The number of carboxylic acid groups (broad SMARTS) is 1. The quantitative estimate of drug-likeness (QED) is 0.318. The lowest BCUT2D eigenvalue weighted by Crippen LogP contribution is -2.12.